The van der Waals surface area contributed by atoms with Gasteiger partial charge in [-0.3, -0.25) is 4.79 Å². The van der Waals surface area contributed by atoms with Gasteiger partial charge in [-0.1, -0.05) is 33.1 Å². The van der Waals surface area contributed by atoms with Crippen LogP contribution in [-0.4, -0.2) is 24.7 Å². The van der Waals surface area contributed by atoms with Gasteiger partial charge in [-0.05, 0) is 51.0 Å². The summed E-state index contributed by atoms with van der Waals surface area (Å²) in [4.78, 5) is 12.6. The minimum absolute atomic E-state index is 0.0903. The van der Waals surface area contributed by atoms with Crippen molar-refractivity contribution in [2.24, 2.45) is 0 Å². The fourth-order valence-corrected chi connectivity index (χ4v) is 2.32. The molecule has 0 fully saturated rings. The Hall–Kier alpha value is -1.55. The van der Waals surface area contributed by atoms with Gasteiger partial charge in [-0.15, -0.1) is 0 Å². The van der Waals surface area contributed by atoms with E-state index >= 15 is 0 Å². The molecule has 23 heavy (non-hydrogen) atoms. The van der Waals surface area contributed by atoms with Crippen LogP contribution in [0, 0.1) is 0 Å². The van der Waals surface area contributed by atoms with Gasteiger partial charge in [0.15, 0.2) is 0 Å². The van der Waals surface area contributed by atoms with Gasteiger partial charge < -0.3 is 14.8 Å². The topological polar surface area (TPSA) is 47.6 Å². The summed E-state index contributed by atoms with van der Waals surface area (Å²) in [6.45, 7) is 9.28. The second kappa shape index (κ2) is 10.3. The van der Waals surface area contributed by atoms with Gasteiger partial charge in [-0.25, -0.2) is 0 Å². The Kier molecular flexibility index (Phi) is 8.70. The second-order valence-corrected chi connectivity index (χ2v) is 5.95. The zero-order valence-corrected chi connectivity index (χ0v) is 15.0. The monoisotopic (exact) mass is 321 g/mol. The van der Waals surface area contributed by atoms with E-state index in [0.29, 0.717) is 6.61 Å². The summed E-state index contributed by atoms with van der Waals surface area (Å²) >= 11 is 0. The van der Waals surface area contributed by atoms with Crippen LogP contribution in [-0.2, 0) is 9.53 Å². The molecule has 4 heteroatoms. The Labute approximate surface area is 140 Å². The summed E-state index contributed by atoms with van der Waals surface area (Å²) in [6, 6.07) is 7.50. The van der Waals surface area contributed by atoms with E-state index in [1.54, 1.807) is 0 Å². The Balaban J connectivity index is 2.63. The van der Waals surface area contributed by atoms with Crippen molar-refractivity contribution >= 4 is 11.6 Å². The molecule has 1 aromatic rings. The van der Waals surface area contributed by atoms with Crippen LogP contribution >= 0.6 is 0 Å². The largest absolute Gasteiger partial charge is 0.494 e. The first kappa shape index (κ1) is 19.5. The second-order valence-electron chi connectivity index (χ2n) is 5.95. The molecule has 0 aliphatic carbocycles. The van der Waals surface area contributed by atoms with Crippen LogP contribution in [0.5, 0.6) is 5.75 Å². The SMILES string of the molecule is CCCCOc1ccc(NC(=O)[C@](C)(CCCC)OCC)cc1. The van der Waals surface area contributed by atoms with Crippen LogP contribution in [0.4, 0.5) is 5.69 Å². The Bertz CT molecular complexity index is 458. The molecule has 1 N–H and O–H groups in total. The van der Waals surface area contributed by atoms with Gasteiger partial charge in [0.1, 0.15) is 11.4 Å². The highest BCUT2D eigenvalue weighted by Crippen LogP contribution is 2.23. The fourth-order valence-electron chi connectivity index (χ4n) is 2.32. The molecule has 4 nitrogen and oxygen atoms in total. The molecule has 1 atom stereocenters. The van der Waals surface area contributed by atoms with Crippen LogP contribution in [0.15, 0.2) is 24.3 Å². The molecule has 0 saturated heterocycles. The number of ether oxygens (including phenoxy) is 2. The molecule has 0 aliphatic heterocycles. The third-order valence-corrected chi connectivity index (χ3v) is 3.83. The molecule has 0 saturated carbocycles. The predicted octanol–water partition coefficient (Wildman–Crippen LogP) is 4.79. The number of amides is 1. The summed E-state index contributed by atoms with van der Waals surface area (Å²) in [5, 5.41) is 2.95. The quantitative estimate of drug-likeness (QED) is 0.596. The summed E-state index contributed by atoms with van der Waals surface area (Å²) in [6.07, 6.45) is 4.89. The molecular formula is C19H31NO3. The number of nitrogens with one attached hydrogen (secondary N) is 1. The van der Waals surface area contributed by atoms with Crippen LogP contribution in [0.3, 0.4) is 0 Å². The van der Waals surface area contributed by atoms with E-state index in [-0.39, 0.29) is 5.91 Å². The van der Waals surface area contributed by atoms with Crippen molar-refractivity contribution in [2.45, 2.75) is 65.4 Å². The number of carbonyl (C=O) groups is 1. The molecule has 1 rings (SSSR count). The Morgan fingerprint density at radius 1 is 1.09 bits per heavy atom. The third-order valence-electron chi connectivity index (χ3n) is 3.83. The number of anilines is 1. The molecule has 1 amide bonds. The predicted molar refractivity (Wildman–Crippen MR) is 95.0 cm³/mol. The summed E-state index contributed by atoms with van der Waals surface area (Å²) in [5.74, 6) is 0.738. The lowest BCUT2D eigenvalue weighted by Crippen LogP contribution is -2.42. The van der Waals surface area contributed by atoms with E-state index in [1.165, 1.54) is 0 Å². The van der Waals surface area contributed by atoms with Crippen molar-refractivity contribution in [1.29, 1.82) is 0 Å². The van der Waals surface area contributed by atoms with Crippen molar-refractivity contribution in [3.8, 4) is 5.75 Å². The molecule has 0 heterocycles. The lowest BCUT2D eigenvalue weighted by Gasteiger charge is -2.28. The standard InChI is InChI=1S/C19H31NO3/c1-5-8-14-19(4,23-7-3)18(21)20-16-10-12-17(13-11-16)22-15-9-6-2/h10-13H,5-9,14-15H2,1-4H3,(H,20,21)/t19-/m0/s1. The van der Waals surface area contributed by atoms with Crippen molar-refractivity contribution in [1.82, 2.24) is 0 Å². The van der Waals surface area contributed by atoms with Crippen molar-refractivity contribution in [2.75, 3.05) is 18.5 Å². The molecule has 0 spiro atoms. The highest BCUT2D eigenvalue weighted by Gasteiger charge is 2.33. The van der Waals surface area contributed by atoms with E-state index in [9.17, 15) is 4.79 Å². The van der Waals surface area contributed by atoms with Crippen LogP contribution in [0.2, 0.25) is 0 Å². The maximum atomic E-state index is 12.6. The zero-order valence-electron chi connectivity index (χ0n) is 15.0. The van der Waals surface area contributed by atoms with E-state index in [1.807, 2.05) is 38.1 Å². The maximum Gasteiger partial charge on any atom is 0.256 e. The van der Waals surface area contributed by atoms with Crippen LogP contribution in [0.25, 0.3) is 0 Å². The zero-order chi connectivity index (χ0) is 17.1. The fraction of sp³-hybridized carbons (Fsp3) is 0.632. The number of carbonyl (C=O) groups excluding carboxylic acids is 1. The Morgan fingerprint density at radius 3 is 2.30 bits per heavy atom. The van der Waals surface area contributed by atoms with E-state index in [0.717, 1.165) is 50.1 Å². The van der Waals surface area contributed by atoms with E-state index in [4.69, 9.17) is 9.47 Å². The van der Waals surface area contributed by atoms with Crippen molar-refractivity contribution in [3.05, 3.63) is 24.3 Å². The molecule has 130 valence electrons. The van der Waals surface area contributed by atoms with E-state index in [2.05, 4.69) is 19.2 Å². The first-order chi connectivity index (χ1) is 11.1. The van der Waals surface area contributed by atoms with Gasteiger partial charge in [-0.2, -0.15) is 0 Å². The Morgan fingerprint density at radius 2 is 1.74 bits per heavy atom. The lowest BCUT2D eigenvalue weighted by atomic mass is 9.97. The number of benzene rings is 1. The number of unbranched alkanes of at least 4 members (excludes halogenated alkanes) is 2. The van der Waals surface area contributed by atoms with Gasteiger partial charge >= 0.3 is 0 Å². The molecule has 0 radical (unpaired) electrons. The third kappa shape index (κ3) is 6.61. The molecular weight excluding hydrogens is 290 g/mol. The molecule has 0 unspecified atom stereocenters. The molecule has 1 aromatic carbocycles. The first-order valence-electron chi connectivity index (χ1n) is 8.74. The minimum atomic E-state index is -0.777. The van der Waals surface area contributed by atoms with Crippen LogP contribution < -0.4 is 10.1 Å². The van der Waals surface area contributed by atoms with Gasteiger partial charge in [0.2, 0.25) is 0 Å². The summed E-state index contributed by atoms with van der Waals surface area (Å²) in [5.41, 5.74) is -0.0126. The number of hydrogen-bond acceptors (Lipinski definition) is 3. The van der Waals surface area contributed by atoms with Gasteiger partial charge in [0, 0.05) is 12.3 Å². The molecule has 0 aliphatic rings. The highest BCUT2D eigenvalue weighted by atomic mass is 16.5. The van der Waals surface area contributed by atoms with E-state index < -0.39 is 5.60 Å². The number of rotatable bonds is 11. The minimum Gasteiger partial charge on any atom is -0.494 e. The van der Waals surface area contributed by atoms with Gasteiger partial charge in [0.25, 0.3) is 5.91 Å². The lowest BCUT2D eigenvalue weighted by molar-refractivity contribution is -0.139. The number of hydrogen-bond donors (Lipinski definition) is 1. The molecule has 0 bridgehead atoms. The van der Waals surface area contributed by atoms with Crippen molar-refractivity contribution in [3.63, 3.8) is 0 Å². The molecule has 0 aromatic heterocycles. The van der Waals surface area contributed by atoms with Crippen LogP contribution in [0.1, 0.15) is 59.8 Å². The maximum absolute atomic E-state index is 12.6. The first-order valence-corrected chi connectivity index (χ1v) is 8.74. The normalized spacial score (nSPS) is 13.4. The average molecular weight is 321 g/mol. The highest BCUT2D eigenvalue weighted by molar-refractivity contribution is 5.97. The smallest absolute Gasteiger partial charge is 0.256 e. The van der Waals surface area contributed by atoms with Crippen molar-refractivity contribution < 1.29 is 14.3 Å². The summed E-state index contributed by atoms with van der Waals surface area (Å²) in [7, 11) is 0. The average Bonchev–Trinajstić information content (AvgIpc) is 2.55. The summed E-state index contributed by atoms with van der Waals surface area (Å²) < 4.78 is 11.3. The van der Waals surface area contributed by atoms with Gasteiger partial charge in [0.05, 0.1) is 6.61 Å².